The van der Waals surface area contributed by atoms with Crippen LogP contribution in [0.2, 0.25) is 0 Å². The molecule has 1 atom stereocenters. The van der Waals surface area contributed by atoms with Crippen LogP contribution < -0.4 is 11.3 Å². The van der Waals surface area contributed by atoms with E-state index in [0.29, 0.717) is 19.3 Å². The standard InChI is InChI=1S/C9H22N2O3/c1-8(2-5-12)9(11-10,3-6-13)4-7-14/h8,11-14H,2-7,10H2,1H3. The summed E-state index contributed by atoms with van der Waals surface area (Å²) >= 11 is 0. The van der Waals surface area contributed by atoms with Gasteiger partial charge in [0.2, 0.25) is 0 Å². The Kier molecular flexibility index (Phi) is 7.04. The van der Waals surface area contributed by atoms with Crippen LogP contribution in [0.4, 0.5) is 0 Å². The molecule has 1 unspecified atom stereocenters. The van der Waals surface area contributed by atoms with Crippen LogP contribution in [0.15, 0.2) is 0 Å². The van der Waals surface area contributed by atoms with Crippen LogP contribution in [0.5, 0.6) is 0 Å². The fourth-order valence-electron chi connectivity index (χ4n) is 1.77. The van der Waals surface area contributed by atoms with E-state index in [-0.39, 0.29) is 25.7 Å². The van der Waals surface area contributed by atoms with Crippen LogP contribution in [0.1, 0.15) is 26.2 Å². The third kappa shape index (κ3) is 3.51. The minimum absolute atomic E-state index is 0.0139. The smallest absolute Gasteiger partial charge is 0.0449 e. The van der Waals surface area contributed by atoms with Crippen molar-refractivity contribution in [3.05, 3.63) is 0 Å². The van der Waals surface area contributed by atoms with Crippen molar-refractivity contribution in [2.24, 2.45) is 11.8 Å². The maximum Gasteiger partial charge on any atom is 0.0449 e. The quantitative estimate of drug-likeness (QED) is 0.258. The summed E-state index contributed by atoms with van der Waals surface area (Å²) in [6, 6.07) is 0. The molecule has 0 saturated carbocycles. The summed E-state index contributed by atoms with van der Waals surface area (Å²) in [6.07, 6.45) is 1.56. The lowest BCUT2D eigenvalue weighted by Crippen LogP contribution is -2.55. The lowest BCUT2D eigenvalue weighted by atomic mass is 9.78. The Morgan fingerprint density at radius 2 is 1.64 bits per heavy atom. The maximum atomic E-state index is 8.94. The monoisotopic (exact) mass is 206 g/mol. The van der Waals surface area contributed by atoms with Crippen molar-refractivity contribution in [2.45, 2.75) is 31.7 Å². The van der Waals surface area contributed by atoms with Crippen molar-refractivity contribution in [2.75, 3.05) is 19.8 Å². The molecule has 0 aliphatic heterocycles. The number of hydrogen-bond donors (Lipinski definition) is 5. The van der Waals surface area contributed by atoms with Gasteiger partial charge in [0, 0.05) is 25.4 Å². The average molecular weight is 206 g/mol. The molecule has 0 bridgehead atoms. The number of aliphatic hydroxyl groups is 3. The summed E-state index contributed by atoms with van der Waals surface area (Å²) in [5, 5.41) is 26.7. The first-order chi connectivity index (χ1) is 6.66. The van der Waals surface area contributed by atoms with Crippen molar-refractivity contribution < 1.29 is 15.3 Å². The molecular weight excluding hydrogens is 184 g/mol. The van der Waals surface area contributed by atoms with Crippen LogP contribution in [0.3, 0.4) is 0 Å². The summed E-state index contributed by atoms with van der Waals surface area (Å²) < 4.78 is 0. The largest absolute Gasteiger partial charge is 0.396 e. The van der Waals surface area contributed by atoms with E-state index in [9.17, 15) is 0 Å². The first-order valence-electron chi connectivity index (χ1n) is 4.97. The van der Waals surface area contributed by atoms with E-state index in [1.165, 1.54) is 0 Å². The molecule has 0 aliphatic rings. The van der Waals surface area contributed by atoms with Crippen LogP contribution in [-0.4, -0.2) is 40.7 Å². The first-order valence-corrected chi connectivity index (χ1v) is 4.97. The van der Waals surface area contributed by atoms with Crippen molar-refractivity contribution in [1.29, 1.82) is 0 Å². The minimum Gasteiger partial charge on any atom is -0.396 e. The summed E-state index contributed by atoms with van der Waals surface area (Å²) in [7, 11) is 0. The Bertz CT molecular complexity index is 138. The summed E-state index contributed by atoms with van der Waals surface area (Å²) in [6.45, 7) is 2.06. The molecule has 0 aromatic carbocycles. The van der Waals surface area contributed by atoms with Gasteiger partial charge >= 0.3 is 0 Å². The van der Waals surface area contributed by atoms with E-state index in [4.69, 9.17) is 21.2 Å². The summed E-state index contributed by atoms with van der Waals surface area (Å²) in [5.74, 6) is 5.57. The van der Waals surface area contributed by atoms with E-state index < -0.39 is 5.54 Å². The summed E-state index contributed by atoms with van der Waals surface area (Å²) in [4.78, 5) is 0. The normalized spacial score (nSPS) is 14.4. The molecule has 0 radical (unpaired) electrons. The molecule has 0 aromatic heterocycles. The molecular formula is C9H22N2O3. The van der Waals surface area contributed by atoms with Crippen LogP contribution in [-0.2, 0) is 0 Å². The number of rotatable bonds is 8. The second-order valence-electron chi connectivity index (χ2n) is 3.66. The topological polar surface area (TPSA) is 98.7 Å². The molecule has 0 spiro atoms. The summed E-state index contributed by atoms with van der Waals surface area (Å²) in [5.41, 5.74) is 2.19. The highest BCUT2D eigenvalue weighted by atomic mass is 16.3. The Labute approximate surface area is 84.9 Å². The van der Waals surface area contributed by atoms with E-state index in [0.717, 1.165) is 0 Å². The molecule has 0 heterocycles. The van der Waals surface area contributed by atoms with Crippen LogP contribution in [0, 0.1) is 5.92 Å². The van der Waals surface area contributed by atoms with Gasteiger partial charge in [-0.3, -0.25) is 11.3 Å². The minimum atomic E-state index is -0.480. The van der Waals surface area contributed by atoms with Gasteiger partial charge in [-0.25, -0.2) is 0 Å². The zero-order valence-electron chi connectivity index (χ0n) is 8.74. The highest BCUT2D eigenvalue weighted by molar-refractivity contribution is 4.90. The molecule has 86 valence electrons. The Balaban J connectivity index is 4.45. The highest BCUT2D eigenvalue weighted by Gasteiger charge is 2.33. The number of hydrazine groups is 1. The molecule has 0 aliphatic carbocycles. The van der Waals surface area contributed by atoms with Gasteiger partial charge in [0.05, 0.1) is 0 Å². The second-order valence-corrected chi connectivity index (χ2v) is 3.66. The maximum absolute atomic E-state index is 8.94. The first kappa shape index (κ1) is 13.8. The lowest BCUT2D eigenvalue weighted by molar-refractivity contribution is 0.102. The van der Waals surface area contributed by atoms with Crippen LogP contribution >= 0.6 is 0 Å². The lowest BCUT2D eigenvalue weighted by Gasteiger charge is -2.38. The Hall–Kier alpha value is -0.200. The van der Waals surface area contributed by atoms with Gasteiger partial charge in [-0.05, 0) is 25.2 Å². The van der Waals surface area contributed by atoms with Crippen molar-refractivity contribution >= 4 is 0 Å². The van der Waals surface area contributed by atoms with E-state index in [1.807, 2.05) is 6.92 Å². The predicted octanol–water partition coefficient (Wildman–Crippen LogP) is -1.03. The van der Waals surface area contributed by atoms with E-state index in [2.05, 4.69) is 5.43 Å². The molecule has 5 heteroatoms. The second kappa shape index (κ2) is 7.14. The zero-order valence-corrected chi connectivity index (χ0v) is 8.74. The van der Waals surface area contributed by atoms with E-state index in [1.54, 1.807) is 0 Å². The molecule has 6 N–H and O–H groups in total. The number of nitrogens with two attached hydrogens (primary N) is 1. The van der Waals surface area contributed by atoms with Crippen molar-refractivity contribution in [3.63, 3.8) is 0 Å². The van der Waals surface area contributed by atoms with Crippen molar-refractivity contribution in [3.8, 4) is 0 Å². The zero-order chi connectivity index (χ0) is 11.0. The SMILES string of the molecule is CC(CCO)C(CCO)(CCO)NN. The molecule has 0 aromatic rings. The van der Waals surface area contributed by atoms with Gasteiger partial charge in [0.25, 0.3) is 0 Å². The molecule has 0 amide bonds. The molecule has 0 fully saturated rings. The molecule has 0 saturated heterocycles. The van der Waals surface area contributed by atoms with Gasteiger partial charge in [-0.2, -0.15) is 0 Å². The number of hydrogen-bond acceptors (Lipinski definition) is 5. The number of aliphatic hydroxyl groups excluding tert-OH is 3. The van der Waals surface area contributed by atoms with Gasteiger partial charge in [0.15, 0.2) is 0 Å². The van der Waals surface area contributed by atoms with E-state index >= 15 is 0 Å². The Morgan fingerprint density at radius 3 is 1.93 bits per heavy atom. The Morgan fingerprint density at radius 1 is 1.14 bits per heavy atom. The van der Waals surface area contributed by atoms with Gasteiger partial charge < -0.3 is 15.3 Å². The van der Waals surface area contributed by atoms with Gasteiger partial charge in [0.1, 0.15) is 0 Å². The average Bonchev–Trinajstić information content (AvgIpc) is 2.17. The fourth-order valence-corrected chi connectivity index (χ4v) is 1.77. The predicted molar refractivity (Wildman–Crippen MR) is 54.3 cm³/mol. The van der Waals surface area contributed by atoms with Gasteiger partial charge in [-0.15, -0.1) is 0 Å². The molecule has 14 heavy (non-hydrogen) atoms. The molecule has 5 nitrogen and oxygen atoms in total. The van der Waals surface area contributed by atoms with Crippen LogP contribution in [0.25, 0.3) is 0 Å². The molecule has 0 rings (SSSR count). The number of nitrogens with one attached hydrogen (secondary N) is 1. The fraction of sp³-hybridized carbons (Fsp3) is 1.00. The van der Waals surface area contributed by atoms with Gasteiger partial charge in [-0.1, -0.05) is 6.92 Å². The van der Waals surface area contributed by atoms with Crippen molar-refractivity contribution in [1.82, 2.24) is 5.43 Å². The highest BCUT2D eigenvalue weighted by Crippen LogP contribution is 2.26. The third-order valence-electron chi connectivity index (χ3n) is 2.91. The third-order valence-corrected chi connectivity index (χ3v) is 2.91.